The molecule has 0 atom stereocenters. The Kier molecular flexibility index (Phi) is 3.69. The molecule has 0 bridgehead atoms. The number of rotatable bonds is 4. The summed E-state index contributed by atoms with van der Waals surface area (Å²) in [7, 11) is 0. The van der Waals surface area contributed by atoms with Crippen molar-refractivity contribution in [2.75, 3.05) is 0 Å². The fraction of sp³-hybridized carbons (Fsp3) is 0.118. The smallest absolute Gasteiger partial charge is 0.165 e. The van der Waals surface area contributed by atoms with Gasteiger partial charge in [0.05, 0.1) is 5.69 Å². The van der Waals surface area contributed by atoms with Crippen molar-refractivity contribution in [1.82, 2.24) is 9.78 Å². The van der Waals surface area contributed by atoms with Crippen LogP contribution >= 0.6 is 0 Å². The second-order valence-corrected chi connectivity index (χ2v) is 4.77. The first-order valence-electron chi connectivity index (χ1n) is 6.71. The van der Waals surface area contributed by atoms with E-state index in [-0.39, 0.29) is 11.6 Å². The zero-order valence-electron chi connectivity index (χ0n) is 11.7. The van der Waals surface area contributed by atoms with E-state index in [0.717, 1.165) is 16.9 Å². The predicted octanol–water partition coefficient (Wildman–Crippen LogP) is 3.90. The summed E-state index contributed by atoms with van der Waals surface area (Å²) in [5.41, 5.74) is 2.76. The molecule has 0 N–H and O–H groups in total. The summed E-state index contributed by atoms with van der Waals surface area (Å²) in [6.45, 7) is 2.28. The van der Waals surface area contributed by atoms with Gasteiger partial charge in [-0.05, 0) is 30.7 Å². The number of aryl methyl sites for hydroxylation is 1. The maximum absolute atomic E-state index is 13.9. The lowest BCUT2D eigenvalue weighted by Gasteiger charge is -2.10. The molecule has 0 unspecified atom stereocenters. The highest BCUT2D eigenvalue weighted by molar-refractivity contribution is 5.40. The fourth-order valence-corrected chi connectivity index (χ4v) is 2.11. The molecule has 0 aliphatic heterocycles. The van der Waals surface area contributed by atoms with E-state index in [1.54, 1.807) is 23.0 Å². The van der Waals surface area contributed by atoms with Gasteiger partial charge < -0.3 is 4.74 Å². The average Bonchev–Trinajstić information content (AvgIpc) is 2.94. The molecule has 0 spiro atoms. The third-order valence-corrected chi connectivity index (χ3v) is 3.23. The van der Waals surface area contributed by atoms with E-state index in [4.69, 9.17) is 4.74 Å². The molecule has 0 radical (unpaired) electrons. The summed E-state index contributed by atoms with van der Waals surface area (Å²) < 4.78 is 21.2. The highest BCUT2D eigenvalue weighted by atomic mass is 19.1. The van der Waals surface area contributed by atoms with Gasteiger partial charge in [-0.3, -0.25) is 0 Å². The van der Waals surface area contributed by atoms with E-state index < -0.39 is 0 Å². The first kappa shape index (κ1) is 13.4. The van der Waals surface area contributed by atoms with E-state index in [2.05, 4.69) is 5.10 Å². The van der Waals surface area contributed by atoms with Crippen LogP contribution in [0.2, 0.25) is 0 Å². The van der Waals surface area contributed by atoms with Gasteiger partial charge in [0.2, 0.25) is 0 Å². The zero-order valence-corrected chi connectivity index (χ0v) is 11.7. The van der Waals surface area contributed by atoms with Crippen LogP contribution in [0, 0.1) is 12.7 Å². The fourth-order valence-electron chi connectivity index (χ4n) is 2.11. The van der Waals surface area contributed by atoms with Crippen molar-refractivity contribution in [3.8, 4) is 11.4 Å². The minimum Gasteiger partial charge on any atom is -0.486 e. The summed E-state index contributed by atoms with van der Waals surface area (Å²) in [6.07, 6.45) is 1.71. The number of benzene rings is 2. The van der Waals surface area contributed by atoms with E-state index in [0.29, 0.717) is 6.61 Å². The molecule has 2 aromatic carbocycles. The molecule has 106 valence electrons. The largest absolute Gasteiger partial charge is 0.486 e. The summed E-state index contributed by atoms with van der Waals surface area (Å²) in [5, 5.41) is 4.21. The van der Waals surface area contributed by atoms with Crippen LogP contribution in [-0.2, 0) is 6.61 Å². The quantitative estimate of drug-likeness (QED) is 0.725. The number of nitrogens with zero attached hydrogens (tertiary/aromatic N) is 2. The molecule has 0 aliphatic carbocycles. The van der Waals surface area contributed by atoms with E-state index >= 15 is 0 Å². The van der Waals surface area contributed by atoms with Crippen LogP contribution in [0.25, 0.3) is 5.69 Å². The van der Waals surface area contributed by atoms with Gasteiger partial charge in [-0.25, -0.2) is 9.07 Å². The maximum Gasteiger partial charge on any atom is 0.165 e. The molecular weight excluding hydrogens is 267 g/mol. The predicted molar refractivity (Wildman–Crippen MR) is 79.0 cm³/mol. The van der Waals surface area contributed by atoms with Crippen LogP contribution in [0.1, 0.15) is 11.3 Å². The number of hydrogen-bond donors (Lipinski definition) is 0. The minimum absolute atomic E-state index is 0.228. The van der Waals surface area contributed by atoms with Gasteiger partial charge in [-0.15, -0.1) is 0 Å². The molecule has 0 saturated heterocycles. The normalized spacial score (nSPS) is 10.6. The van der Waals surface area contributed by atoms with Crippen LogP contribution < -0.4 is 4.74 Å². The molecule has 0 fully saturated rings. The first-order valence-corrected chi connectivity index (χ1v) is 6.71. The monoisotopic (exact) mass is 282 g/mol. The summed E-state index contributed by atoms with van der Waals surface area (Å²) >= 11 is 0. The van der Waals surface area contributed by atoms with Gasteiger partial charge in [-0.2, -0.15) is 5.10 Å². The Hall–Kier alpha value is -2.62. The number of halogens is 1. The Morgan fingerprint density at radius 3 is 2.62 bits per heavy atom. The highest BCUT2D eigenvalue weighted by Crippen LogP contribution is 2.22. The van der Waals surface area contributed by atoms with Crippen LogP contribution in [0.5, 0.6) is 5.75 Å². The molecule has 0 saturated carbocycles. The Balaban J connectivity index is 1.83. The molecule has 0 amide bonds. The van der Waals surface area contributed by atoms with E-state index in [1.807, 2.05) is 43.3 Å². The second kappa shape index (κ2) is 5.79. The first-order chi connectivity index (χ1) is 10.2. The molecule has 3 nitrogen and oxygen atoms in total. The molecule has 1 aromatic heterocycles. The molecule has 0 aliphatic rings. The van der Waals surface area contributed by atoms with Crippen LogP contribution in [0.3, 0.4) is 0 Å². The number of hydrogen-bond acceptors (Lipinski definition) is 2. The summed E-state index contributed by atoms with van der Waals surface area (Å²) in [5.74, 6) is -0.147. The lowest BCUT2D eigenvalue weighted by atomic mass is 10.2. The van der Waals surface area contributed by atoms with Gasteiger partial charge in [0.25, 0.3) is 0 Å². The Morgan fingerprint density at radius 2 is 1.90 bits per heavy atom. The molecule has 3 rings (SSSR count). The van der Waals surface area contributed by atoms with Gasteiger partial charge in [0.15, 0.2) is 11.6 Å². The summed E-state index contributed by atoms with van der Waals surface area (Å²) in [6, 6.07) is 16.3. The zero-order chi connectivity index (χ0) is 14.7. The minimum atomic E-state index is -0.375. The highest BCUT2D eigenvalue weighted by Gasteiger charge is 2.08. The van der Waals surface area contributed by atoms with Crippen molar-refractivity contribution in [3.63, 3.8) is 0 Å². The number of ether oxygens (including phenoxy) is 1. The lowest BCUT2D eigenvalue weighted by molar-refractivity contribution is 0.290. The van der Waals surface area contributed by atoms with Crippen molar-refractivity contribution in [3.05, 3.63) is 77.9 Å². The molecule has 4 heteroatoms. The van der Waals surface area contributed by atoms with Crippen molar-refractivity contribution in [2.45, 2.75) is 13.5 Å². The Labute approximate surface area is 122 Å². The third-order valence-electron chi connectivity index (χ3n) is 3.23. The van der Waals surface area contributed by atoms with Gasteiger partial charge in [0, 0.05) is 18.0 Å². The van der Waals surface area contributed by atoms with E-state index in [9.17, 15) is 4.39 Å². The average molecular weight is 282 g/mol. The third kappa shape index (κ3) is 2.94. The maximum atomic E-state index is 13.9. The second-order valence-electron chi connectivity index (χ2n) is 4.77. The van der Waals surface area contributed by atoms with Crippen LogP contribution in [0.15, 0.2) is 60.8 Å². The molecule has 1 heterocycles. The van der Waals surface area contributed by atoms with Crippen molar-refractivity contribution >= 4 is 0 Å². The molecular formula is C17H15FN2O. The van der Waals surface area contributed by atoms with Gasteiger partial charge >= 0.3 is 0 Å². The molecule has 21 heavy (non-hydrogen) atoms. The topological polar surface area (TPSA) is 27.1 Å². The SMILES string of the molecule is Cc1ccnn1-c1ccc(F)c(OCc2ccccc2)c1. The number of aromatic nitrogens is 2. The Morgan fingerprint density at radius 1 is 1.10 bits per heavy atom. The standard InChI is InChI=1S/C17H15FN2O/c1-13-9-10-19-20(13)15-7-8-16(18)17(11-15)21-12-14-5-3-2-4-6-14/h2-11H,12H2,1H3. The van der Waals surface area contributed by atoms with Crippen molar-refractivity contribution in [1.29, 1.82) is 0 Å². The van der Waals surface area contributed by atoms with Gasteiger partial charge in [0.1, 0.15) is 6.61 Å². The van der Waals surface area contributed by atoms with Crippen LogP contribution in [0.4, 0.5) is 4.39 Å². The van der Waals surface area contributed by atoms with Gasteiger partial charge in [-0.1, -0.05) is 30.3 Å². The Bertz CT molecular complexity index is 738. The van der Waals surface area contributed by atoms with Crippen LogP contribution in [-0.4, -0.2) is 9.78 Å². The van der Waals surface area contributed by atoms with E-state index in [1.165, 1.54) is 6.07 Å². The van der Waals surface area contributed by atoms with Crippen molar-refractivity contribution < 1.29 is 9.13 Å². The van der Waals surface area contributed by atoms with Crippen molar-refractivity contribution in [2.24, 2.45) is 0 Å². The molecule has 3 aromatic rings. The lowest BCUT2D eigenvalue weighted by Crippen LogP contribution is -2.02. The summed E-state index contributed by atoms with van der Waals surface area (Å²) in [4.78, 5) is 0.